The van der Waals surface area contributed by atoms with Crippen LogP contribution in [0.15, 0.2) is 29.2 Å². The fraction of sp³-hybridized carbons (Fsp3) is 0.429. The van der Waals surface area contributed by atoms with Crippen molar-refractivity contribution in [1.82, 2.24) is 4.72 Å². The number of sulfonamides is 1. The number of hydrogen-bond acceptors (Lipinski definition) is 3. The molecular formula is C14H16F3NO3S. The lowest BCUT2D eigenvalue weighted by Gasteiger charge is -2.22. The Labute approximate surface area is 127 Å². The first-order valence-electron chi connectivity index (χ1n) is 6.29. The molecular weight excluding hydrogens is 319 g/mol. The number of terminal acetylenes is 1. The van der Waals surface area contributed by atoms with Gasteiger partial charge < -0.3 is 4.74 Å². The van der Waals surface area contributed by atoms with Crippen LogP contribution in [0.5, 0.6) is 0 Å². The summed E-state index contributed by atoms with van der Waals surface area (Å²) in [6.45, 7) is 2.22. The van der Waals surface area contributed by atoms with E-state index in [4.69, 9.17) is 11.2 Å². The van der Waals surface area contributed by atoms with Crippen molar-refractivity contribution in [3.05, 3.63) is 29.8 Å². The van der Waals surface area contributed by atoms with Crippen LogP contribution in [0.1, 0.15) is 12.5 Å². The second kappa shape index (κ2) is 7.13. The van der Waals surface area contributed by atoms with E-state index in [9.17, 15) is 21.6 Å². The van der Waals surface area contributed by atoms with Crippen molar-refractivity contribution in [1.29, 1.82) is 0 Å². The van der Waals surface area contributed by atoms with E-state index in [0.717, 1.165) is 5.56 Å². The quantitative estimate of drug-likeness (QED) is 0.811. The van der Waals surface area contributed by atoms with Crippen molar-refractivity contribution < 1.29 is 26.3 Å². The Morgan fingerprint density at radius 2 is 1.86 bits per heavy atom. The average molecular weight is 335 g/mol. The molecule has 1 aromatic rings. The Kier molecular flexibility index (Phi) is 6.00. The van der Waals surface area contributed by atoms with E-state index in [1.165, 1.54) is 31.2 Å². The number of aryl methyl sites for hydroxylation is 1. The van der Waals surface area contributed by atoms with Gasteiger partial charge in [-0.15, -0.1) is 6.42 Å². The summed E-state index contributed by atoms with van der Waals surface area (Å²) in [6.07, 6.45) is -0.648. The zero-order valence-electron chi connectivity index (χ0n) is 12.0. The normalized spacial score (nSPS) is 15.1. The highest BCUT2D eigenvalue weighted by atomic mass is 32.2. The van der Waals surface area contributed by atoms with Gasteiger partial charge in [0.25, 0.3) is 0 Å². The number of alkyl halides is 3. The summed E-state index contributed by atoms with van der Waals surface area (Å²) in [7, 11) is -4.32. The van der Waals surface area contributed by atoms with E-state index < -0.39 is 35.0 Å². The van der Waals surface area contributed by atoms with Crippen LogP contribution in [-0.4, -0.2) is 33.3 Å². The standard InChI is InChI=1S/C14H16F3NO3S/c1-4-11(3)21-9-13(14(15,16)17)18-22(19,20)12-7-5-10(2)6-8-12/h1,5-8,11,13,18H,9H2,2-3H3. The molecule has 0 saturated heterocycles. The predicted molar refractivity (Wildman–Crippen MR) is 75.6 cm³/mol. The third kappa shape index (κ3) is 5.33. The monoisotopic (exact) mass is 335 g/mol. The fourth-order valence-corrected chi connectivity index (χ4v) is 2.66. The number of rotatable bonds is 6. The number of benzene rings is 1. The summed E-state index contributed by atoms with van der Waals surface area (Å²) in [6, 6.07) is 3.07. The second-order valence-electron chi connectivity index (χ2n) is 4.67. The molecule has 0 bridgehead atoms. The third-order valence-corrected chi connectivity index (χ3v) is 4.26. The van der Waals surface area contributed by atoms with Crippen LogP contribution < -0.4 is 4.72 Å². The summed E-state index contributed by atoms with van der Waals surface area (Å²) >= 11 is 0. The zero-order valence-corrected chi connectivity index (χ0v) is 12.8. The summed E-state index contributed by atoms with van der Waals surface area (Å²) in [5.74, 6) is 2.11. The highest BCUT2D eigenvalue weighted by molar-refractivity contribution is 7.89. The molecule has 0 aliphatic rings. The summed E-state index contributed by atoms with van der Waals surface area (Å²) in [4.78, 5) is -0.252. The molecule has 0 aliphatic heterocycles. The van der Waals surface area contributed by atoms with Gasteiger partial charge in [-0.1, -0.05) is 23.6 Å². The third-order valence-electron chi connectivity index (χ3n) is 2.77. The van der Waals surface area contributed by atoms with E-state index in [2.05, 4.69) is 5.92 Å². The largest absolute Gasteiger partial charge is 0.407 e. The smallest absolute Gasteiger partial charge is 0.364 e. The van der Waals surface area contributed by atoms with Gasteiger partial charge in [0, 0.05) is 0 Å². The van der Waals surface area contributed by atoms with E-state index >= 15 is 0 Å². The molecule has 1 aromatic carbocycles. The molecule has 22 heavy (non-hydrogen) atoms. The predicted octanol–water partition coefficient (Wildman–Crippen LogP) is 2.24. The molecule has 0 amide bonds. The van der Waals surface area contributed by atoms with Gasteiger partial charge >= 0.3 is 6.18 Å². The Morgan fingerprint density at radius 1 is 1.32 bits per heavy atom. The Bertz CT molecular complexity index is 633. The van der Waals surface area contributed by atoms with Crippen molar-refractivity contribution in [2.24, 2.45) is 0 Å². The SMILES string of the molecule is C#CC(C)OCC(NS(=O)(=O)c1ccc(C)cc1)C(F)(F)F. The maximum absolute atomic E-state index is 12.9. The van der Waals surface area contributed by atoms with E-state index in [0.29, 0.717) is 0 Å². The molecule has 0 saturated carbocycles. The molecule has 0 radical (unpaired) electrons. The van der Waals surface area contributed by atoms with E-state index in [-0.39, 0.29) is 4.90 Å². The minimum absolute atomic E-state index is 0.252. The van der Waals surface area contributed by atoms with Crippen LogP contribution in [0.2, 0.25) is 0 Å². The molecule has 1 N–H and O–H groups in total. The number of ether oxygens (including phenoxy) is 1. The molecule has 8 heteroatoms. The van der Waals surface area contributed by atoms with Crippen molar-refractivity contribution in [2.45, 2.75) is 37.1 Å². The Balaban J connectivity index is 2.93. The molecule has 0 spiro atoms. The van der Waals surface area contributed by atoms with Crippen LogP contribution >= 0.6 is 0 Å². The van der Waals surface area contributed by atoms with Crippen LogP contribution in [0.25, 0.3) is 0 Å². The van der Waals surface area contributed by atoms with Gasteiger partial charge in [-0.2, -0.15) is 17.9 Å². The van der Waals surface area contributed by atoms with E-state index in [1.807, 2.05) is 0 Å². The molecule has 0 aliphatic carbocycles. The average Bonchev–Trinajstić information content (AvgIpc) is 2.42. The van der Waals surface area contributed by atoms with Gasteiger partial charge in [0.05, 0.1) is 11.5 Å². The van der Waals surface area contributed by atoms with Gasteiger partial charge in [0.15, 0.2) is 0 Å². The molecule has 122 valence electrons. The van der Waals surface area contributed by atoms with Gasteiger partial charge in [0.2, 0.25) is 10.0 Å². The Morgan fingerprint density at radius 3 is 2.32 bits per heavy atom. The van der Waals surface area contributed by atoms with Crippen LogP contribution in [0.4, 0.5) is 13.2 Å². The molecule has 0 aromatic heterocycles. The zero-order chi connectivity index (χ0) is 17.0. The number of hydrogen-bond donors (Lipinski definition) is 1. The first-order chi connectivity index (χ1) is 10.1. The molecule has 0 fully saturated rings. The van der Waals surface area contributed by atoms with Crippen molar-refractivity contribution in [2.75, 3.05) is 6.61 Å². The van der Waals surface area contributed by atoms with Crippen LogP contribution in [-0.2, 0) is 14.8 Å². The fourth-order valence-electron chi connectivity index (χ4n) is 1.46. The van der Waals surface area contributed by atoms with Crippen molar-refractivity contribution >= 4 is 10.0 Å². The molecule has 0 heterocycles. The lowest BCUT2D eigenvalue weighted by molar-refractivity contribution is -0.164. The highest BCUT2D eigenvalue weighted by Gasteiger charge is 2.42. The minimum atomic E-state index is -4.80. The second-order valence-corrected chi connectivity index (χ2v) is 6.38. The topological polar surface area (TPSA) is 55.4 Å². The maximum atomic E-state index is 12.9. The highest BCUT2D eigenvalue weighted by Crippen LogP contribution is 2.23. The van der Waals surface area contributed by atoms with Gasteiger partial charge in [-0.05, 0) is 26.0 Å². The van der Waals surface area contributed by atoms with Gasteiger partial charge in [-0.25, -0.2) is 8.42 Å². The summed E-state index contributed by atoms with van der Waals surface area (Å²) in [5, 5.41) is 0. The number of halogens is 3. The van der Waals surface area contributed by atoms with Crippen molar-refractivity contribution in [3.63, 3.8) is 0 Å². The molecule has 4 nitrogen and oxygen atoms in total. The lowest BCUT2D eigenvalue weighted by Crippen LogP contribution is -2.48. The van der Waals surface area contributed by atoms with Gasteiger partial charge in [-0.3, -0.25) is 0 Å². The molecule has 2 unspecified atom stereocenters. The minimum Gasteiger partial charge on any atom is -0.364 e. The van der Waals surface area contributed by atoms with Gasteiger partial charge in [0.1, 0.15) is 12.1 Å². The first-order valence-corrected chi connectivity index (χ1v) is 7.78. The van der Waals surface area contributed by atoms with Crippen molar-refractivity contribution in [3.8, 4) is 12.3 Å². The molecule has 2 atom stereocenters. The van der Waals surface area contributed by atoms with E-state index in [1.54, 1.807) is 11.6 Å². The summed E-state index contributed by atoms with van der Waals surface area (Å²) in [5.41, 5.74) is 0.789. The lowest BCUT2D eigenvalue weighted by atomic mass is 10.2. The number of nitrogens with one attached hydrogen (secondary N) is 1. The van der Waals surface area contributed by atoms with Crippen LogP contribution in [0.3, 0.4) is 0 Å². The first kappa shape index (κ1) is 18.5. The maximum Gasteiger partial charge on any atom is 0.407 e. The van der Waals surface area contributed by atoms with Crippen LogP contribution in [0, 0.1) is 19.3 Å². The Hall–Kier alpha value is -1.56. The summed E-state index contributed by atoms with van der Waals surface area (Å²) < 4.78 is 69.2. The molecule has 1 rings (SSSR count).